The van der Waals surface area contributed by atoms with Gasteiger partial charge in [0.15, 0.2) is 0 Å². The molecule has 0 saturated carbocycles. The van der Waals surface area contributed by atoms with Gasteiger partial charge in [0, 0.05) is 22.8 Å². The van der Waals surface area contributed by atoms with Crippen molar-refractivity contribution in [3.8, 4) is 0 Å². The van der Waals surface area contributed by atoms with Crippen LogP contribution in [-0.2, 0) is 23.1 Å². The van der Waals surface area contributed by atoms with Crippen molar-refractivity contribution in [2.45, 2.75) is 24.9 Å². The van der Waals surface area contributed by atoms with Crippen molar-refractivity contribution >= 4 is 43.8 Å². The van der Waals surface area contributed by atoms with Crippen molar-refractivity contribution in [1.29, 1.82) is 0 Å². The lowest BCUT2D eigenvalue weighted by Crippen LogP contribution is -2.29. The van der Waals surface area contributed by atoms with E-state index in [1.807, 2.05) is 35.0 Å². The molecule has 4 aromatic heterocycles. The molecule has 0 bridgehead atoms. The van der Waals surface area contributed by atoms with E-state index in [2.05, 4.69) is 10.1 Å². The van der Waals surface area contributed by atoms with Crippen molar-refractivity contribution < 1.29 is 12.9 Å². The van der Waals surface area contributed by atoms with Crippen LogP contribution in [0.15, 0.2) is 56.7 Å². The Labute approximate surface area is 158 Å². The normalized spacial score (nSPS) is 12.2. The minimum Gasteiger partial charge on any atom is -0.336 e. The number of hydrogen-bond acceptors (Lipinski definition) is 7. The number of aryl methyl sites for hydroxylation is 1. The fourth-order valence-corrected chi connectivity index (χ4v) is 5.57. The Balaban J connectivity index is 1.74. The summed E-state index contributed by atoms with van der Waals surface area (Å²) >= 11 is 3.08. The van der Waals surface area contributed by atoms with Gasteiger partial charge in [-0.15, -0.1) is 22.7 Å². The van der Waals surface area contributed by atoms with Crippen LogP contribution in [0.2, 0.25) is 0 Å². The first kappa shape index (κ1) is 17.3. The molecule has 134 valence electrons. The van der Waals surface area contributed by atoms with Crippen molar-refractivity contribution in [1.82, 2.24) is 14.4 Å². The minimum absolute atomic E-state index is 0.143. The Bertz CT molecular complexity index is 1080. The third kappa shape index (κ3) is 3.30. The Hall–Kier alpha value is -2.07. The zero-order chi connectivity index (χ0) is 18.1. The molecule has 0 amide bonds. The van der Waals surface area contributed by atoms with E-state index in [9.17, 15) is 8.42 Å². The maximum Gasteiger partial charge on any atom is 0.257 e. The first-order valence-electron chi connectivity index (χ1n) is 7.81. The summed E-state index contributed by atoms with van der Waals surface area (Å²) in [7, 11) is -3.72. The standard InChI is InChI=1S/C17H15N3O3S3/c1-12-16-8-15(9-18-17(16)23-19-12)26(21,22)20(10-13-4-2-6-24-13)11-14-5-3-7-25-14/h2-9H,10-11H2,1H3. The second kappa shape index (κ2) is 6.92. The zero-order valence-corrected chi connectivity index (χ0v) is 16.3. The molecule has 0 spiro atoms. The van der Waals surface area contributed by atoms with Crippen LogP contribution < -0.4 is 0 Å². The van der Waals surface area contributed by atoms with E-state index < -0.39 is 10.0 Å². The van der Waals surface area contributed by atoms with Gasteiger partial charge in [-0.3, -0.25) is 0 Å². The molecule has 0 aliphatic rings. The third-order valence-corrected chi connectivity index (χ3v) is 7.43. The quantitative estimate of drug-likeness (QED) is 0.484. The Morgan fingerprint density at radius 1 is 1.12 bits per heavy atom. The number of aromatic nitrogens is 2. The van der Waals surface area contributed by atoms with E-state index in [4.69, 9.17) is 4.52 Å². The van der Waals surface area contributed by atoms with Crippen molar-refractivity contribution in [2.75, 3.05) is 0 Å². The van der Waals surface area contributed by atoms with E-state index >= 15 is 0 Å². The van der Waals surface area contributed by atoms with Crippen molar-refractivity contribution in [3.05, 3.63) is 62.7 Å². The first-order valence-corrected chi connectivity index (χ1v) is 11.0. The monoisotopic (exact) mass is 405 g/mol. The van der Waals surface area contributed by atoms with Crippen LogP contribution in [0.25, 0.3) is 11.1 Å². The molecule has 9 heteroatoms. The SMILES string of the molecule is Cc1noc2ncc(S(=O)(=O)N(Cc3cccs3)Cc3cccs3)cc12. The summed E-state index contributed by atoms with van der Waals surface area (Å²) in [5.41, 5.74) is 0.956. The molecule has 0 fully saturated rings. The molecule has 4 heterocycles. The van der Waals surface area contributed by atoms with Gasteiger partial charge in [0.1, 0.15) is 4.90 Å². The lowest BCUT2D eigenvalue weighted by atomic mass is 10.3. The second-order valence-electron chi connectivity index (χ2n) is 5.72. The largest absolute Gasteiger partial charge is 0.336 e. The summed E-state index contributed by atoms with van der Waals surface area (Å²) < 4.78 is 33.2. The minimum atomic E-state index is -3.72. The Morgan fingerprint density at radius 2 is 1.77 bits per heavy atom. The van der Waals surface area contributed by atoms with Gasteiger partial charge >= 0.3 is 0 Å². The zero-order valence-electron chi connectivity index (χ0n) is 13.8. The molecular formula is C17H15N3O3S3. The van der Waals surface area contributed by atoms with Crippen LogP contribution in [0.3, 0.4) is 0 Å². The molecule has 0 aromatic carbocycles. The van der Waals surface area contributed by atoms with Crippen LogP contribution >= 0.6 is 22.7 Å². The maximum atomic E-state index is 13.3. The molecule has 0 aliphatic carbocycles. The van der Waals surface area contributed by atoms with E-state index in [1.165, 1.54) is 33.2 Å². The summed E-state index contributed by atoms with van der Waals surface area (Å²) in [6.07, 6.45) is 1.33. The van der Waals surface area contributed by atoms with Crippen LogP contribution in [0.1, 0.15) is 15.4 Å². The molecule has 0 aliphatic heterocycles. The predicted molar refractivity (Wildman–Crippen MR) is 102 cm³/mol. The molecule has 6 nitrogen and oxygen atoms in total. The van der Waals surface area contributed by atoms with Gasteiger partial charge < -0.3 is 4.52 Å². The molecule has 0 N–H and O–H groups in total. The fourth-order valence-electron chi connectivity index (χ4n) is 2.59. The van der Waals surface area contributed by atoms with Gasteiger partial charge in [-0.25, -0.2) is 13.4 Å². The lowest BCUT2D eigenvalue weighted by molar-refractivity contribution is 0.406. The van der Waals surface area contributed by atoms with Crippen molar-refractivity contribution in [3.63, 3.8) is 0 Å². The molecule has 0 radical (unpaired) electrons. The predicted octanol–water partition coefficient (Wildman–Crippen LogP) is 4.05. The van der Waals surface area contributed by atoms with Crippen LogP contribution in [0.4, 0.5) is 0 Å². The average molecular weight is 406 g/mol. The molecule has 4 rings (SSSR count). The highest BCUT2D eigenvalue weighted by atomic mass is 32.2. The van der Waals surface area contributed by atoms with Gasteiger partial charge in [-0.1, -0.05) is 17.3 Å². The molecule has 4 aromatic rings. The number of pyridine rings is 1. The maximum absolute atomic E-state index is 13.3. The summed E-state index contributed by atoms with van der Waals surface area (Å²) in [4.78, 5) is 6.23. The third-order valence-electron chi connectivity index (χ3n) is 3.95. The number of sulfonamides is 1. The summed E-state index contributed by atoms with van der Waals surface area (Å²) in [5, 5.41) is 8.34. The number of rotatable bonds is 6. The average Bonchev–Trinajstić information content (AvgIpc) is 3.37. The first-order chi connectivity index (χ1) is 12.5. The van der Waals surface area contributed by atoms with Gasteiger partial charge in [-0.2, -0.15) is 4.31 Å². The van der Waals surface area contributed by atoms with Crippen LogP contribution in [0, 0.1) is 6.92 Å². The number of nitrogens with zero attached hydrogens (tertiary/aromatic N) is 3. The van der Waals surface area contributed by atoms with E-state index in [-0.39, 0.29) is 4.90 Å². The molecule has 26 heavy (non-hydrogen) atoms. The van der Waals surface area contributed by atoms with Gasteiger partial charge in [0.2, 0.25) is 10.0 Å². The van der Waals surface area contributed by atoms with Crippen LogP contribution in [-0.4, -0.2) is 22.9 Å². The molecular weight excluding hydrogens is 390 g/mol. The topological polar surface area (TPSA) is 76.3 Å². The van der Waals surface area contributed by atoms with E-state index in [1.54, 1.807) is 13.0 Å². The van der Waals surface area contributed by atoms with Gasteiger partial charge in [0.25, 0.3) is 5.71 Å². The number of hydrogen-bond donors (Lipinski definition) is 0. The molecule has 0 unspecified atom stereocenters. The number of thiophene rings is 2. The Morgan fingerprint density at radius 3 is 2.35 bits per heavy atom. The fraction of sp³-hybridized carbons (Fsp3) is 0.176. The van der Waals surface area contributed by atoms with Crippen molar-refractivity contribution in [2.24, 2.45) is 0 Å². The second-order valence-corrected chi connectivity index (χ2v) is 9.73. The highest BCUT2D eigenvalue weighted by Gasteiger charge is 2.27. The van der Waals surface area contributed by atoms with E-state index in [0.29, 0.717) is 29.9 Å². The van der Waals surface area contributed by atoms with Gasteiger partial charge in [0.05, 0.1) is 17.3 Å². The summed E-state index contributed by atoms with van der Waals surface area (Å²) in [6, 6.07) is 9.30. The highest BCUT2D eigenvalue weighted by Crippen LogP contribution is 2.26. The lowest BCUT2D eigenvalue weighted by Gasteiger charge is -2.21. The molecule has 0 atom stereocenters. The highest BCUT2D eigenvalue weighted by molar-refractivity contribution is 7.89. The van der Waals surface area contributed by atoms with Crippen LogP contribution in [0.5, 0.6) is 0 Å². The van der Waals surface area contributed by atoms with Gasteiger partial charge in [-0.05, 0) is 35.9 Å². The summed E-state index contributed by atoms with van der Waals surface area (Å²) in [5.74, 6) is 0. The Kier molecular flexibility index (Phi) is 4.62. The van der Waals surface area contributed by atoms with E-state index in [0.717, 1.165) is 9.75 Å². The smallest absolute Gasteiger partial charge is 0.257 e. The molecule has 0 saturated heterocycles. The summed E-state index contributed by atoms with van der Waals surface area (Å²) in [6.45, 7) is 2.40. The number of fused-ring (bicyclic) bond motifs is 1.